The van der Waals surface area contributed by atoms with Gasteiger partial charge in [-0.3, -0.25) is 0 Å². The van der Waals surface area contributed by atoms with Crippen LogP contribution in [-0.2, 0) is 19.9 Å². The molecule has 0 aromatic rings. The lowest BCUT2D eigenvalue weighted by Crippen LogP contribution is -2.26. The Morgan fingerprint density at radius 2 is 1.19 bits per heavy atom. The van der Waals surface area contributed by atoms with Crippen molar-refractivity contribution < 1.29 is 43.2 Å². The summed E-state index contributed by atoms with van der Waals surface area (Å²) < 4.78 is 111. The fourth-order valence-corrected chi connectivity index (χ4v) is 1.38. The Hall–Kier alpha value is -0.850. The van der Waals surface area contributed by atoms with Gasteiger partial charge in [0.05, 0.1) is 0 Å². The number of alkyl halides is 6. The maximum Gasteiger partial charge on any atom is 0.518 e. The van der Waals surface area contributed by atoms with Gasteiger partial charge >= 0.3 is 21.0 Å². The van der Waals surface area contributed by atoms with E-state index >= 15 is 0 Å². The lowest BCUT2D eigenvalue weighted by Gasteiger charge is -2.03. The lowest BCUT2D eigenvalue weighted by molar-refractivity contribution is -0.0440. The van der Waals surface area contributed by atoms with Gasteiger partial charge in [0.25, 0.3) is 9.84 Å². The van der Waals surface area contributed by atoms with Crippen LogP contribution in [0.4, 0.5) is 26.3 Å². The molecule has 0 aliphatic carbocycles. The summed E-state index contributed by atoms with van der Waals surface area (Å²) in [5.41, 5.74) is -13.2. The Balaban J connectivity index is 5.36. The number of sulfonamides is 1. The highest BCUT2D eigenvalue weighted by Gasteiger charge is 2.48. The molecule has 0 aliphatic heterocycles. The summed E-state index contributed by atoms with van der Waals surface area (Å²) in [5, 5.41) is 0. The van der Waals surface area contributed by atoms with Crippen LogP contribution in [0.1, 0.15) is 0 Å². The first-order valence-electron chi connectivity index (χ1n) is 2.89. The molecule has 0 N–H and O–H groups in total. The summed E-state index contributed by atoms with van der Waals surface area (Å²) in [6.45, 7) is 0. The van der Waals surface area contributed by atoms with E-state index in [0.717, 1.165) is 0 Å². The van der Waals surface area contributed by atoms with Crippen molar-refractivity contribution in [3.05, 3.63) is 0 Å². The first-order valence-corrected chi connectivity index (χ1v) is 5.87. The van der Waals surface area contributed by atoms with Gasteiger partial charge in [-0.25, -0.2) is 8.42 Å². The molecule has 0 aromatic heterocycles. The van der Waals surface area contributed by atoms with Gasteiger partial charge in [-0.2, -0.15) is 39.2 Å². The topological polar surface area (TPSA) is 80.6 Å². The van der Waals surface area contributed by atoms with Crippen LogP contribution in [0.5, 0.6) is 0 Å². The van der Waals surface area contributed by atoms with E-state index in [1.165, 1.54) is 4.40 Å². The van der Waals surface area contributed by atoms with E-state index < -0.39 is 36.4 Å². The second-order valence-electron chi connectivity index (χ2n) is 2.12. The van der Waals surface area contributed by atoms with E-state index in [1.54, 1.807) is 0 Å². The van der Waals surface area contributed by atoms with Gasteiger partial charge in [-0.1, -0.05) is 0 Å². The maximum absolute atomic E-state index is 11.5. The Morgan fingerprint density at radius 1 is 0.812 bits per heavy atom. The molecule has 0 unspecified atom stereocenters. The summed E-state index contributed by atoms with van der Waals surface area (Å²) in [6.07, 6.45) is 0. The number of hydrogen-bond donors (Lipinski definition) is 0. The van der Waals surface area contributed by atoms with Gasteiger partial charge in [0.1, 0.15) is 5.55 Å². The molecule has 0 radical (unpaired) electrons. The highest BCUT2D eigenvalue weighted by atomic mass is 32.2. The molecule has 13 heteroatoms. The first-order chi connectivity index (χ1) is 6.71. The number of halogens is 6. The van der Waals surface area contributed by atoms with Gasteiger partial charge in [-0.05, 0) is 0 Å². The summed E-state index contributed by atoms with van der Waals surface area (Å²) in [6, 6.07) is 0. The minimum Gasteiger partial charge on any atom is -0.213 e. The monoisotopic (exact) mass is 293 g/mol. The number of hydrogen-bond acceptors (Lipinski definition) is 4. The molecule has 0 bridgehead atoms. The average Bonchev–Trinajstić information content (AvgIpc) is 1.97. The van der Waals surface area contributed by atoms with Crippen molar-refractivity contribution in [2.24, 2.45) is 4.40 Å². The largest absolute Gasteiger partial charge is 0.518 e. The molecule has 0 saturated heterocycles. The third kappa shape index (κ3) is 3.33. The van der Waals surface area contributed by atoms with Crippen LogP contribution in [-0.4, -0.2) is 33.4 Å². The summed E-state index contributed by atoms with van der Waals surface area (Å²) in [5.74, 6) is 0. The van der Waals surface area contributed by atoms with Crippen LogP contribution in [0.25, 0.3) is 0 Å². The number of nitrogens with zero attached hydrogens (tertiary/aromatic N) is 1. The molecular weight excluding hydrogens is 292 g/mol. The first kappa shape index (κ1) is 15.2. The Morgan fingerprint density at radius 3 is 1.44 bits per heavy atom. The molecule has 0 amide bonds. The molecule has 0 aromatic carbocycles. The van der Waals surface area contributed by atoms with E-state index in [2.05, 4.69) is 0 Å². The molecule has 0 fully saturated rings. The van der Waals surface area contributed by atoms with Gasteiger partial charge in [0.15, 0.2) is 0 Å². The normalized spacial score (nSPS) is 15.6. The number of rotatable bonds is 2. The SMILES string of the molecule is O=S(=O)(/C=N\S(=O)(=O)C(F)(F)F)C(F)(F)F. The molecule has 5 nitrogen and oxygen atoms in total. The lowest BCUT2D eigenvalue weighted by atomic mass is 11.5. The van der Waals surface area contributed by atoms with Crippen LogP contribution in [0.3, 0.4) is 0 Å². The van der Waals surface area contributed by atoms with E-state index in [0.29, 0.717) is 0 Å². The Kier molecular flexibility index (Phi) is 3.66. The van der Waals surface area contributed by atoms with Gasteiger partial charge in [0, 0.05) is 0 Å². The van der Waals surface area contributed by atoms with Crippen LogP contribution in [0, 0.1) is 0 Å². The van der Waals surface area contributed by atoms with Crippen LogP contribution < -0.4 is 0 Å². The van der Waals surface area contributed by atoms with Gasteiger partial charge < -0.3 is 0 Å². The predicted molar refractivity (Wildman–Crippen MR) is 38.4 cm³/mol. The van der Waals surface area contributed by atoms with Crippen molar-refractivity contribution in [2.75, 3.05) is 0 Å². The molecule has 0 atom stereocenters. The van der Waals surface area contributed by atoms with Crippen molar-refractivity contribution in [2.45, 2.75) is 11.0 Å². The van der Waals surface area contributed by atoms with E-state index in [9.17, 15) is 43.2 Å². The third-order valence-corrected chi connectivity index (χ3v) is 3.07. The number of sulfone groups is 1. The van der Waals surface area contributed by atoms with Gasteiger partial charge in [-0.15, -0.1) is 0 Å². The van der Waals surface area contributed by atoms with Crippen molar-refractivity contribution in [1.82, 2.24) is 0 Å². The van der Waals surface area contributed by atoms with E-state index in [-0.39, 0.29) is 0 Å². The van der Waals surface area contributed by atoms with Crippen molar-refractivity contribution in [3.8, 4) is 0 Å². The van der Waals surface area contributed by atoms with Crippen LogP contribution in [0.15, 0.2) is 4.40 Å². The predicted octanol–water partition coefficient (Wildman–Crippen LogP) is 0.799. The average molecular weight is 293 g/mol. The molecule has 0 heterocycles. The van der Waals surface area contributed by atoms with Crippen LogP contribution >= 0.6 is 0 Å². The fourth-order valence-electron chi connectivity index (χ4n) is 0.233. The zero-order chi connectivity index (χ0) is 13.4. The van der Waals surface area contributed by atoms with Crippen molar-refractivity contribution >= 4 is 25.4 Å². The summed E-state index contributed by atoms with van der Waals surface area (Å²) in [7, 11) is -12.5. The fraction of sp³-hybridized carbons (Fsp3) is 0.667. The zero-order valence-electron chi connectivity index (χ0n) is 6.74. The molecule has 16 heavy (non-hydrogen) atoms. The summed E-state index contributed by atoms with van der Waals surface area (Å²) >= 11 is 0. The van der Waals surface area contributed by atoms with Crippen molar-refractivity contribution in [3.63, 3.8) is 0 Å². The van der Waals surface area contributed by atoms with Crippen LogP contribution in [0.2, 0.25) is 0 Å². The van der Waals surface area contributed by atoms with Crippen molar-refractivity contribution in [1.29, 1.82) is 0 Å². The molecule has 0 saturated carbocycles. The smallest absolute Gasteiger partial charge is 0.213 e. The zero-order valence-corrected chi connectivity index (χ0v) is 8.37. The molecule has 0 rings (SSSR count). The molecule has 0 spiro atoms. The molecule has 96 valence electrons. The maximum atomic E-state index is 11.5. The second kappa shape index (κ2) is 3.87. The standard InChI is InChI=1S/C3HF6NO4S2/c4-2(5,6)15(11,12)1-10-16(13,14)3(7,8)9/h1H/b10-1-. The third-order valence-electron chi connectivity index (χ3n) is 0.936. The Bertz CT molecular complexity index is 435. The Labute approximate surface area is 84.7 Å². The van der Waals surface area contributed by atoms with E-state index in [4.69, 9.17) is 0 Å². The molecule has 0 aliphatic rings. The summed E-state index contributed by atoms with van der Waals surface area (Å²) in [4.78, 5) is 0. The van der Waals surface area contributed by atoms with E-state index in [1.807, 2.05) is 0 Å². The minimum atomic E-state index is -6.30. The highest BCUT2D eigenvalue weighted by Crippen LogP contribution is 2.26. The quantitative estimate of drug-likeness (QED) is 0.428. The minimum absolute atomic E-state index is 1.31. The van der Waals surface area contributed by atoms with Gasteiger partial charge in [0.2, 0.25) is 0 Å². The molecular formula is C3HF6NO4S2. The second-order valence-corrected chi connectivity index (χ2v) is 5.51. The highest BCUT2D eigenvalue weighted by molar-refractivity contribution is 8.06.